The summed E-state index contributed by atoms with van der Waals surface area (Å²) < 4.78 is 24.8. The summed E-state index contributed by atoms with van der Waals surface area (Å²) in [4.78, 5) is 9.54. The number of aromatic nitrogens is 1. The van der Waals surface area contributed by atoms with E-state index in [1.165, 1.54) is 12.1 Å². The number of pyridine rings is 1. The van der Waals surface area contributed by atoms with Crippen LogP contribution in [0.25, 0.3) is 10.9 Å². The van der Waals surface area contributed by atoms with E-state index in [2.05, 4.69) is 27.2 Å². The Balaban J connectivity index is 1.34. The highest BCUT2D eigenvalue weighted by Gasteiger charge is 2.21. The number of fused-ring (bicyclic) bond motifs is 1. The number of halogens is 2. The molecule has 0 unspecified atom stereocenters. The van der Waals surface area contributed by atoms with E-state index in [-0.39, 0.29) is 5.82 Å². The van der Waals surface area contributed by atoms with Gasteiger partial charge < -0.3 is 24.6 Å². The van der Waals surface area contributed by atoms with Gasteiger partial charge in [-0.1, -0.05) is 23.7 Å². The lowest BCUT2D eigenvalue weighted by molar-refractivity contribution is 0.354. The molecular formula is C29H30ClFN4O2. The molecule has 1 fully saturated rings. The van der Waals surface area contributed by atoms with Crippen LogP contribution in [0.1, 0.15) is 11.1 Å². The number of hydrogen-bond acceptors (Lipinski definition) is 6. The predicted octanol–water partition coefficient (Wildman–Crippen LogP) is 5.66. The van der Waals surface area contributed by atoms with Gasteiger partial charge in [-0.15, -0.1) is 0 Å². The molecule has 6 nitrogen and oxygen atoms in total. The Morgan fingerprint density at radius 2 is 1.65 bits per heavy atom. The van der Waals surface area contributed by atoms with E-state index >= 15 is 0 Å². The minimum atomic E-state index is -0.281. The highest BCUT2D eigenvalue weighted by molar-refractivity contribution is 6.30. The molecule has 0 spiro atoms. The molecule has 4 aromatic rings. The number of hydrogen-bond donors (Lipinski definition) is 1. The standard InChI is InChI=1S/C29H30ClFN4O2/c1-36-27-9-6-20(14-28(27)37-2)18-32-19-22-15-21-7-8-24(31)17-26(21)33-29(22)35-12-10-34(11-13-35)25-5-3-4-23(30)16-25/h3-9,14-17,32H,10-13,18-19H2,1-2H3. The minimum absolute atomic E-state index is 0.281. The second-order valence-corrected chi connectivity index (χ2v) is 9.49. The molecule has 8 heteroatoms. The van der Waals surface area contributed by atoms with Crippen LogP contribution in [0.5, 0.6) is 11.5 Å². The number of rotatable bonds is 8. The third-order valence-electron chi connectivity index (χ3n) is 6.68. The first-order valence-electron chi connectivity index (χ1n) is 12.3. The molecule has 5 rings (SSSR count). The van der Waals surface area contributed by atoms with E-state index in [0.29, 0.717) is 30.1 Å². The van der Waals surface area contributed by atoms with Gasteiger partial charge in [-0.2, -0.15) is 0 Å². The average molecular weight is 521 g/mol. The number of anilines is 2. The summed E-state index contributed by atoms with van der Waals surface area (Å²) in [6.45, 7) is 4.60. The van der Waals surface area contributed by atoms with Crippen molar-refractivity contribution in [1.82, 2.24) is 10.3 Å². The van der Waals surface area contributed by atoms with Crippen LogP contribution in [0.4, 0.5) is 15.9 Å². The van der Waals surface area contributed by atoms with Gasteiger partial charge >= 0.3 is 0 Å². The molecule has 192 valence electrons. The Hall–Kier alpha value is -3.55. The van der Waals surface area contributed by atoms with Gasteiger partial charge in [0.05, 0.1) is 19.7 Å². The number of nitrogens with zero attached hydrogens (tertiary/aromatic N) is 3. The number of nitrogens with one attached hydrogen (secondary N) is 1. The first-order chi connectivity index (χ1) is 18.0. The Kier molecular flexibility index (Phi) is 7.63. The Morgan fingerprint density at radius 1 is 0.865 bits per heavy atom. The lowest BCUT2D eigenvalue weighted by atomic mass is 10.1. The van der Waals surface area contributed by atoms with Crippen molar-refractivity contribution in [2.45, 2.75) is 13.1 Å². The molecule has 0 radical (unpaired) electrons. The van der Waals surface area contributed by atoms with Crippen molar-refractivity contribution in [3.05, 3.63) is 88.7 Å². The maximum atomic E-state index is 14.0. The van der Waals surface area contributed by atoms with Crippen LogP contribution in [0, 0.1) is 5.82 Å². The minimum Gasteiger partial charge on any atom is -0.493 e. The first kappa shape index (κ1) is 25.1. The molecule has 0 amide bonds. The normalized spacial score (nSPS) is 13.7. The SMILES string of the molecule is COc1ccc(CNCc2cc3ccc(F)cc3nc2N2CCN(c3cccc(Cl)c3)CC2)cc1OC. The van der Waals surface area contributed by atoms with Crippen LogP contribution in [-0.4, -0.2) is 45.4 Å². The fraction of sp³-hybridized carbons (Fsp3) is 0.276. The van der Waals surface area contributed by atoms with E-state index in [4.69, 9.17) is 26.1 Å². The Bertz CT molecular complexity index is 1390. The molecule has 1 N–H and O–H groups in total. The second-order valence-electron chi connectivity index (χ2n) is 9.05. The Labute approximate surface area is 221 Å². The summed E-state index contributed by atoms with van der Waals surface area (Å²) >= 11 is 6.20. The van der Waals surface area contributed by atoms with Crippen LogP contribution in [0.15, 0.2) is 66.7 Å². The van der Waals surface area contributed by atoms with Gasteiger partial charge in [0.25, 0.3) is 0 Å². The number of benzene rings is 3. The van der Waals surface area contributed by atoms with E-state index in [1.807, 2.05) is 36.4 Å². The zero-order valence-corrected chi connectivity index (χ0v) is 21.8. The topological polar surface area (TPSA) is 49.9 Å². The van der Waals surface area contributed by atoms with Crippen molar-refractivity contribution < 1.29 is 13.9 Å². The highest BCUT2D eigenvalue weighted by Crippen LogP contribution is 2.29. The summed E-state index contributed by atoms with van der Waals surface area (Å²) in [5, 5.41) is 5.20. The summed E-state index contributed by atoms with van der Waals surface area (Å²) in [5.41, 5.74) is 3.95. The van der Waals surface area contributed by atoms with Crippen LogP contribution >= 0.6 is 11.6 Å². The molecule has 37 heavy (non-hydrogen) atoms. The van der Waals surface area contributed by atoms with Gasteiger partial charge in [-0.25, -0.2) is 9.37 Å². The molecule has 1 aliphatic heterocycles. The van der Waals surface area contributed by atoms with E-state index in [0.717, 1.165) is 59.2 Å². The zero-order valence-electron chi connectivity index (χ0n) is 21.0. The predicted molar refractivity (Wildman–Crippen MR) is 148 cm³/mol. The zero-order chi connectivity index (χ0) is 25.8. The van der Waals surface area contributed by atoms with Gasteiger partial charge in [0.15, 0.2) is 11.5 Å². The molecule has 0 bridgehead atoms. The monoisotopic (exact) mass is 520 g/mol. The summed E-state index contributed by atoms with van der Waals surface area (Å²) in [7, 11) is 3.27. The molecule has 0 atom stereocenters. The molecule has 1 aromatic heterocycles. The maximum absolute atomic E-state index is 14.0. The fourth-order valence-corrected chi connectivity index (χ4v) is 4.94. The molecule has 1 saturated heterocycles. The second kappa shape index (κ2) is 11.2. The van der Waals surface area contributed by atoms with E-state index in [1.54, 1.807) is 20.3 Å². The van der Waals surface area contributed by atoms with Crippen LogP contribution in [0.2, 0.25) is 5.02 Å². The lowest BCUT2D eigenvalue weighted by Crippen LogP contribution is -2.47. The molecule has 0 saturated carbocycles. The summed E-state index contributed by atoms with van der Waals surface area (Å²) in [6.07, 6.45) is 0. The molecule has 1 aliphatic rings. The van der Waals surface area contributed by atoms with Gasteiger partial charge in [0.1, 0.15) is 11.6 Å². The number of piperazine rings is 1. The van der Waals surface area contributed by atoms with Crippen LogP contribution in [-0.2, 0) is 13.1 Å². The van der Waals surface area contributed by atoms with Crippen LogP contribution < -0.4 is 24.6 Å². The molecule has 0 aliphatic carbocycles. The maximum Gasteiger partial charge on any atom is 0.161 e. The van der Waals surface area contributed by atoms with Crippen molar-refractivity contribution in [1.29, 1.82) is 0 Å². The van der Waals surface area contributed by atoms with Crippen molar-refractivity contribution in [3.63, 3.8) is 0 Å². The van der Waals surface area contributed by atoms with Crippen molar-refractivity contribution in [3.8, 4) is 11.5 Å². The molecular weight excluding hydrogens is 491 g/mol. The third kappa shape index (κ3) is 5.73. The van der Waals surface area contributed by atoms with Crippen molar-refractivity contribution in [2.24, 2.45) is 0 Å². The smallest absolute Gasteiger partial charge is 0.161 e. The van der Waals surface area contributed by atoms with Crippen LogP contribution in [0.3, 0.4) is 0 Å². The first-order valence-corrected chi connectivity index (χ1v) is 12.7. The van der Waals surface area contributed by atoms with E-state index < -0.39 is 0 Å². The summed E-state index contributed by atoms with van der Waals surface area (Å²) in [6, 6.07) is 20.7. The lowest BCUT2D eigenvalue weighted by Gasteiger charge is -2.37. The highest BCUT2D eigenvalue weighted by atomic mass is 35.5. The fourth-order valence-electron chi connectivity index (χ4n) is 4.76. The molecule has 2 heterocycles. The molecule has 3 aromatic carbocycles. The largest absolute Gasteiger partial charge is 0.493 e. The van der Waals surface area contributed by atoms with Gasteiger partial charge in [0, 0.05) is 67.0 Å². The van der Waals surface area contributed by atoms with Crippen molar-refractivity contribution in [2.75, 3.05) is 50.2 Å². The number of methoxy groups -OCH3 is 2. The number of ether oxygens (including phenoxy) is 2. The van der Waals surface area contributed by atoms with Crippen molar-refractivity contribution >= 4 is 34.0 Å². The summed E-state index contributed by atoms with van der Waals surface area (Å²) in [5.74, 6) is 2.02. The Morgan fingerprint density at radius 3 is 2.41 bits per heavy atom. The van der Waals surface area contributed by atoms with Gasteiger partial charge in [0.2, 0.25) is 0 Å². The average Bonchev–Trinajstić information content (AvgIpc) is 2.92. The van der Waals surface area contributed by atoms with Gasteiger partial charge in [-0.3, -0.25) is 0 Å². The van der Waals surface area contributed by atoms with E-state index in [9.17, 15) is 4.39 Å². The van der Waals surface area contributed by atoms with Gasteiger partial charge in [-0.05, 0) is 54.1 Å². The quantitative estimate of drug-likeness (QED) is 0.323. The third-order valence-corrected chi connectivity index (χ3v) is 6.92.